The monoisotopic (exact) mass is 1420 g/mol. The molecular weight excluding hydrogens is 1350 g/mol. The van der Waals surface area contributed by atoms with Gasteiger partial charge in [-0.25, -0.2) is 0 Å². The number of hydrogen-bond donors (Lipinski definition) is 8. The molecule has 78 heavy (non-hydrogen) atoms. The molecular formula is C58H71F4I3N4O9. The van der Waals surface area contributed by atoms with Crippen molar-refractivity contribution in [1.82, 2.24) is 20.6 Å². The second kappa shape index (κ2) is 37.6. The number of aromatic nitrogens is 2. The molecule has 2 heterocycles. The maximum absolute atomic E-state index is 14.1. The molecule has 0 amide bonds. The van der Waals surface area contributed by atoms with Gasteiger partial charge in [0.15, 0.2) is 0 Å². The van der Waals surface area contributed by atoms with E-state index in [2.05, 4.69) is 57.8 Å². The second-order valence-electron chi connectivity index (χ2n) is 17.8. The summed E-state index contributed by atoms with van der Waals surface area (Å²) in [7, 11) is 1.00. The lowest BCUT2D eigenvalue weighted by atomic mass is 10.0. The average molecular weight is 1420 g/mol. The van der Waals surface area contributed by atoms with Crippen LogP contribution in [-0.2, 0) is 27.9 Å². The van der Waals surface area contributed by atoms with E-state index in [0.717, 1.165) is 69.5 Å². The van der Waals surface area contributed by atoms with E-state index in [0.29, 0.717) is 79.2 Å². The van der Waals surface area contributed by atoms with E-state index in [1.807, 2.05) is 36.4 Å². The van der Waals surface area contributed by atoms with Crippen molar-refractivity contribution in [3.8, 4) is 11.5 Å². The quantitative estimate of drug-likeness (QED) is 0.0126. The molecule has 2 atom stereocenters. The van der Waals surface area contributed by atoms with Gasteiger partial charge in [0, 0.05) is 105 Å². The van der Waals surface area contributed by atoms with Gasteiger partial charge in [0.1, 0.15) is 31.3 Å². The number of ether oxygens (including phenoxy) is 3. The number of aliphatic hydroxyl groups is 3. The smallest absolute Gasteiger partial charge is 0.296 e. The predicted octanol–water partition coefficient (Wildman–Crippen LogP) is 12.3. The zero-order valence-corrected chi connectivity index (χ0v) is 50.1. The Morgan fingerprint density at radius 2 is 0.949 bits per heavy atom. The Morgan fingerprint density at radius 3 is 1.42 bits per heavy atom. The number of fused-ring (bicyclic) bond motifs is 2. The summed E-state index contributed by atoms with van der Waals surface area (Å²) < 4.78 is 72.6. The fourth-order valence-electron chi connectivity index (χ4n) is 8.19. The summed E-state index contributed by atoms with van der Waals surface area (Å²) in [5.41, 5.74) is 2.58. The Bertz CT molecular complexity index is 2860. The van der Waals surface area contributed by atoms with Crippen LogP contribution in [0, 0.1) is 0 Å². The number of aromatic amines is 2. The van der Waals surface area contributed by atoms with Crippen LogP contribution >= 0.6 is 61.2 Å². The second-order valence-corrected chi connectivity index (χ2v) is 17.8. The number of pyridine rings is 2. The van der Waals surface area contributed by atoms with E-state index >= 15 is 0 Å². The van der Waals surface area contributed by atoms with Crippen LogP contribution in [0.2, 0.25) is 0 Å². The van der Waals surface area contributed by atoms with Gasteiger partial charge in [-0.15, -0.1) is 24.0 Å². The minimum Gasteiger partial charge on any atom is -0.506 e. The molecule has 13 nitrogen and oxygen atoms in total. The lowest BCUT2D eigenvalue weighted by Crippen LogP contribution is -2.23. The number of H-pyrrole nitrogens is 2. The third-order valence-corrected chi connectivity index (χ3v) is 12.2. The van der Waals surface area contributed by atoms with E-state index < -0.39 is 37.3 Å². The molecule has 0 saturated carbocycles. The molecule has 2 aromatic heterocycles. The highest BCUT2D eigenvalue weighted by atomic mass is 128. The van der Waals surface area contributed by atoms with Crippen molar-refractivity contribution in [2.24, 2.45) is 0 Å². The topological polar surface area (TPSA) is 198 Å². The van der Waals surface area contributed by atoms with Crippen LogP contribution in [0.15, 0.2) is 149 Å². The number of aliphatic hydroxyl groups excluding tert-OH is 3. The number of hydrogen-bond acceptors (Lipinski definition) is 11. The molecule has 0 bridgehead atoms. The summed E-state index contributed by atoms with van der Waals surface area (Å²) in [6, 6.07) is 38.0. The number of phenols is 1. The van der Waals surface area contributed by atoms with Crippen LogP contribution in [0.5, 0.6) is 11.5 Å². The summed E-state index contributed by atoms with van der Waals surface area (Å²) in [6.45, 7) is 1.85. The lowest BCUT2D eigenvalue weighted by molar-refractivity contribution is -0.0833. The van der Waals surface area contributed by atoms with Gasteiger partial charge >= 0.3 is 0 Å². The number of rotatable bonds is 29. The molecule has 5 aromatic carbocycles. The molecule has 0 saturated heterocycles. The van der Waals surface area contributed by atoms with Gasteiger partial charge in [0.2, 0.25) is 11.1 Å². The van der Waals surface area contributed by atoms with Crippen molar-refractivity contribution in [3.05, 3.63) is 188 Å². The van der Waals surface area contributed by atoms with Crippen LogP contribution in [0.25, 0.3) is 21.8 Å². The first kappa shape index (κ1) is 68.0. The van der Waals surface area contributed by atoms with Crippen molar-refractivity contribution in [1.29, 1.82) is 0 Å². The molecule has 7 rings (SSSR count). The van der Waals surface area contributed by atoms with Crippen LogP contribution < -0.4 is 26.5 Å². The van der Waals surface area contributed by atoms with E-state index in [-0.39, 0.29) is 52.0 Å². The van der Waals surface area contributed by atoms with E-state index in [1.165, 1.54) is 42.5 Å². The lowest BCUT2D eigenvalue weighted by Gasteiger charge is -2.17. The number of benzene rings is 5. The predicted molar refractivity (Wildman–Crippen MR) is 328 cm³/mol. The molecule has 0 unspecified atom stereocenters. The Kier molecular flexibility index (Phi) is 32.8. The normalized spacial score (nSPS) is 12.0. The first-order valence-corrected chi connectivity index (χ1v) is 31.7. The van der Waals surface area contributed by atoms with Crippen molar-refractivity contribution >= 4 is 83.0 Å². The molecule has 0 aliphatic rings. The Morgan fingerprint density at radius 1 is 0.538 bits per heavy atom. The van der Waals surface area contributed by atoms with Gasteiger partial charge in [-0.3, -0.25) is 9.59 Å². The van der Waals surface area contributed by atoms with Gasteiger partial charge in [-0.05, 0) is 79.7 Å². The van der Waals surface area contributed by atoms with Crippen LogP contribution in [0.4, 0.5) is 17.6 Å². The van der Waals surface area contributed by atoms with Gasteiger partial charge in [0.05, 0.1) is 23.2 Å². The first-order valence-electron chi connectivity index (χ1n) is 25.4. The highest BCUT2D eigenvalue weighted by molar-refractivity contribution is 15.0. The number of unbranched alkanes of at least 4 members (excludes halogenated alkanes) is 6. The molecule has 0 radical (unpaired) electrons. The Hall–Kier alpha value is -4.25. The van der Waals surface area contributed by atoms with Crippen LogP contribution in [-0.4, -0.2) is 90.1 Å². The minimum atomic E-state index is -2.98. The number of phenolic OH excluding ortho intramolecular Hbond substituents is 1. The molecule has 7 aromatic rings. The fourth-order valence-corrected chi connectivity index (χ4v) is 8.19. The molecule has 0 aliphatic heterocycles. The van der Waals surface area contributed by atoms with Crippen molar-refractivity contribution in [3.63, 3.8) is 0 Å². The minimum absolute atomic E-state index is 0. The molecule has 0 spiro atoms. The largest absolute Gasteiger partial charge is 0.506 e. The highest BCUT2D eigenvalue weighted by Crippen LogP contribution is 2.32. The summed E-state index contributed by atoms with van der Waals surface area (Å²) in [5.74, 6) is -5.46. The summed E-state index contributed by atoms with van der Waals surface area (Å²) in [4.78, 5) is 28.9. The van der Waals surface area contributed by atoms with Gasteiger partial charge in [-0.1, -0.05) is 129 Å². The molecule has 0 fully saturated rings. The van der Waals surface area contributed by atoms with Gasteiger partial charge in [0.25, 0.3) is 11.8 Å². The maximum atomic E-state index is 14.1. The molecule has 8 N–H and O–H groups in total. The third kappa shape index (κ3) is 23.1. The summed E-state index contributed by atoms with van der Waals surface area (Å²) >= 11 is 4.24. The number of alkyl halides is 4. The fraction of sp³-hybridized carbons (Fsp3) is 0.379. The number of halogens is 7. The maximum Gasteiger partial charge on any atom is 0.296 e. The number of aromatic hydroxyl groups is 1. The molecule has 0 aliphatic carbocycles. The van der Waals surface area contributed by atoms with Gasteiger partial charge < -0.3 is 55.2 Å². The number of nitrogens with one attached hydrogen (secondary N) is 4. The molecule has 426 valence electrons. The summed E-state index contributed by atoms with van der Waals surface area (Å²) in [6.07, 6.45) is 5.26. The third-order valence-electron chi connectivity index (χ3n) is 12.2. The average Bonchev–Trinajstić information content (AvgIpc) is 3.47. The van der Waals surface area contributed by atoms with Crippen LogP contribution in [0.1, 0.15) is 91.4 Å². The molecule has 20 heteroatoms. The van der Waals surface area contributed by atoms with E-state index in [1.54, 1.807) is 60.7 Å². The van der Waals surface area contributed by atoms with E-state index in [4.69, 9.17) is 19.3 Å². The summed E-state index contributed by atoms with van der Waals surface area (Å²) in [5, 5.41) is 46.1. The standard InChI is InChI=1S/C32H36F2N2O4.C25H30F2N2O4.CH4O.I2.HI/c33-32(34,25-13-7-4-8-14-25)23-39-20-10-2-1-9-19-35-21-28(37)26-15-17-29(31-27(26)16-18-30(38)36-31)40-22-24-11-5-3-6-12-24;26-25(27,18-8-4-3-5-9-18)17-33-15-7-2-1-6-14-28-16-22(31)19-10-12-21(30)24-20(19)11-13-23(32)29-24;2*1-2;/h3-8,11-18,28,35,37H,1-2,9-10,19-23H2,(H,36,38);3-5,8-13,22,28,30-31H,1-2,6-7,14-17H2,(H,29,32);2H,1H3;;1H/t28-;22-;;;/m00.../s1. The van der Waals surface area contributed by atoms with Crippen molar-refractivity contribution < 1.29 is 52.2 Å². The SMILES string of the molecule is CO.I.II.O=c1ccc2c([C@@H](O)CNCCCCCCOCC(F)(F)c3ccccc3)ccc(O)c2[nH]1.O=c1ccc2c([C@@H](O)CNCCCCCCOCC(F)(F)c3ccccc3)ccc(OCc3ccccc3)c2[nH]1. The zero-order chi connectivity index (χ0) is 55.9. The van der Waals surface area contributed by atoms with E-state index in [9.17, 15) is 42.5 Å². The Balaban J connectivity index is 0.000000387. The zero-order valence-electron chi connectivity index (χ0n) is 43.5. The van der Waals surface area contributed by atoms with Gasteiger partial charge in [-0.2, -0.15) is 17.6 Å². The highest BCUT2D eigenvalue weighted by Gasteiger charge is 2.32. The van der Waals surface area contributed by atoms with Crippen molar-refractivity contribution in [2.75, 3.05) is 59.7 Å². The van der Waals surface area contributed by atoms with Crippen molar-refractivity contribution in [2.45, 2.75) is 82.0 Å². The Labute approximate surface area is 493 Å². The van der Waals surface area contributed by atoms with Crippen LogP contribution in [0.3, 0.4) is 0 Å². The first-order chi connectivity index (χ1) is 37.3.